The van der Waals surface area contributed by atoms with Gasteiger partial charge in [-0.3, -0.25) is 4.79 Å². The minimum Gasteiger partial charge on any atom is -0.325 e. The molecule has 0 fully saturated rings. The zero-order valence-electron chi connectivity index (χ0n) is 18.6. The van der Waals surface area contributed by atoms with E-state index < -0.39 is 0 Å². The van der Waals surface area contributed by atoms with Crippen LogP contribution < -0.4 is 5.32 Å². The van der Waals surface area contributed by atoms with Crippen molar-refractivity contribution in [1.29, 1.82) is 5.26 Å². The van der Waals surface area contributed by atoms with Crippen LogP contribution in [-0.4, -0.2) is 16.6 Å². The second kappa shape index (κ2) is 9.36. The zero-order valence-corrected chi connectivity index (χ0v) is 19.4. The number of benzene rings is 2. The quantitative estimate of drug-likeness (QED) is 0.486. The normalized spacial score (nSPS) is 11.1. The predicted molar refractivity (Wildman–Crippen MR) is 128 cm³/mol. The molecule has 0 unspecified atom stereocenters. The number of amides is 1. The maximum Gasteiger partial charge on any atom is 0.234 e. The van der Waals surface area contributed by atoms with Crippen molar-refractivity contribution < 1.29 is 4.79 Å². The van der Waals surface area contributed by atoms with E-state index in [-0.39, 0.29) is 17.1 Å². The summed E-state index contributed by atoms with van der Waals surface area (Å²) in [6, 6.07) is 20.1. The van der Waals surface area contributed by atoms with E-state index in [0.717, 1.165) is 33.6 Å². The summed E-state index contributed by atoms with van der Waals surface area (Å²) in [5.74, 6) is 0.0626. The Hall–Kier alpha value is -3.10. The van der Waals surface area contributed by atoms with Crippen LogP contribution in [0, 0.1) is 25.2 Å². The maximum absolute atomic E-state index is 12.7. The summed E-state index contributed by atoms with van der Waals surface area (Å²) in [4.78, 5) is 17.5. The van der Waals surface area contributed by atoms with Gasteiger partial charge in [-0.15, -0.1) is 0 Å². The molecule has 0 bridgehead atoms. The van der Waals surface area contributed by atoms with Gasteiger partial charge in [0.05, 0.1) is 11.3 Å². The molecule has 5 heteroatoms. The van der Waals surface area contributed by atoms with E-state index in [1.807, 2.05) is 68.4 Å². The van der Waals surface area contributed by atoms with Gasteiger partial charge < -0.3 is 5.32 Å². The number of hydrogen-bond donors (Lipinski definition) is 1. The first-order chi connectivity index (χ1) is 14.7. The number of rotatable bonds is 5. The van der Waals surface area contributed by atoms with Crippen molar-refractivity contribution in [3.8, 4) is 17.2 Å². The Morgan fingerprint density at radius 3 is 2.29 bits per heavy atom. The third kappa shape index (κ3) is 5.34. The third-order valence-corrected chi connectivity index (χ3v) is 6.01. The summed E-state index contributed by atoms with van der Waals surface area (Å²) in [7, 11) is 0. The fourth-order valence-electron chi connectivity index (χ4n) is 3.28. The molecule has 2 aromatic carbocycles. The Bertz CT molecular complexity index is 1120. The summed E-state index contributed by atoms with van der Waals surface area (Å²) in [5, 5.41) is 13.5. The molecule has 0 atom stereocenters. The first kappa shape index (κ1) is 22.6. The fourth-order valence-corrected chi connectivity index (χ4v) is 4.09. The van der Waals surface area contributed by atoms with Gasteiger partial charge in [0.2, 0.25) is 5.91 Å². The van der Waals surface area contributed by atoms with Gasteiger partial charge >= 0.3 is 0 Å². The Balaban J connectivity index is 1.93. The van der Waals surface area contributed by atoms with Crippen LogP contribution in [0.1, 0.15) is 43.2 Å². The molecule has 3 rings (SSSR count). The van der Waals surface area contributed by atoms with Gasteiger partial charge in [0.15, 0.2) is 0 Å². The Morgan fingerprint density at radius 1 is 1.06 bits per heavy atom. The highest BCUT2D eigenvalue weighted by Crippen LogP contribution is 2.34. The number of carbonyl (C=O) groups excluding carboxylic acids is 1. The zero-order chi connectivity index (χ0) is 22.6. The number of anilines is 1. The van der Waals surface area contributed by atoms with Crippen LogP contribution in [-0.2, 0) is 10.2 Å². The van der Waals surface area contributed by atoms with E-state index in [2.05, 4.69) is 32.2 Å². The average Bonchev–Trinajstić information content (AvgIpc) is 2.74. The molecule has 0 saturated heterocycles. The Morgan fingerprint density at radius 2 is 1.71 bits per heavy atom. The maximum atomic E-state index is 12.7. The SMILES string of the molecule is Cc1cccc(C)c1NC(=O)CSc1nc(C(C)(C)C)cc(-c2ccccc2)c1C#N. The summed E-state index contributed by atoms with van der Waals surface area (Å²) >= 11 is 1.30. The second-order valence-corrected chi connectivity index (χ2v) is 9.53. The topological polar surface area (TPSA) is 65.8 Å². The number of nitriles is 1. The van der Waals surface area contributed by atoms with Crippen molar-refractivity contribution in [1.82, 2.24) is 4.98 Å². The van der Waals surface area contributed by atoms with E-state index in [1.165, 1.54) is 11.8 Å². The van der Waals surface area contributed by atoms with Crippen molar-refractivity contribution in [2.75, 3.05) is 11.1 Å². The number of para-hydroxylation sites is 1. The summed E-state index contributed by atoms with van der Waals surface area (Å²) < 4.78 is 0. The van der Waals surface area contributed by atoms with Crippen molar-refractivity contribution in [3.05, 3.63) is 77.0 Å². The van der Waals surface area contributed by atoms with Crippen molar-refractivity contribution in [3.63, 3.8) is 0 Å². The highest BCUT2D eigenvalue weighted by molar-refractivity contribution is 8.00. The van der Waals surface area contributed by atoms with Crippen LogP contribution in [0.15, 0.2) is 59.6 Å². The van der Waals surface area contributed by atoms with Crippen molar-refractivity contribution >= 4 is 23.4 Å². The first-order valence-electron chi connectivity index (χ1n) is 10.2. The lowest BCUT2D eigenvalue weighted by molar-refractivity contribution is -0.113. The van der Waals surface area contributed by atoms with E-state index in [0.29, 0.717) is 10.6 Å². The smallest absolute Gasteiger partial charge is 0.234 e. The largest absolute Gasteiger partial charge is 0.325 e. The van der Waals surface area contributed by atoms with Gasteiger partial charge in [-0.05, 0) is 36.6 Å². The number of nitrogens with one attached hydrogen (secondary N) is 1. The lowest BCUT2D eigenvalue weighted by atomic mass is 9.89. The highest BCUT2D eigenvalue weighted by Gasteiger charge is 2.22. The molecule has 3 aromatic rings. The van der Waals surface area contributed by atoms with Gasteiger partial charge in [-0.2, -0.15) is 5.26 Å². The second-order valence-electron chi connectivity index (χ2n) is 8.57. The van der Waals surface area contributed by atoms with Crippen molar-refractivity contribution in [2.24, 2.45) is 0 Å². The third-order valence-electron chi connectivity index (χ3n) is 5.04. The molecule has 31 heavy (non-hydrogen) atoms. The fraction of sp³-hybridized carbons (Fsp3) is 0.269. The van der Waals surface area contributed by atoms with Crippen LogP contribution in [0.25, 0.3) is 11.1 Å². The summed E-state index contributed by atoms with van der Waals surface area (Å²) in [5.41, 5.74) is 5.91. The van der Waals surface area contributed by atoms with Crippen LogP contribution >= 0.6 is 11.8 Å². The van der Waals surface area contributed by atoms with Gasteiger partial charge in [0.1, 0.15) is 11.1 Å². The molecule has 0 spiro atoms. The molecule has 0 aliphatic carbocycles. The minimum atomic E-state index is -0.187. The number of thioether (sulfide) groups is 1. The molecule has 0 saturated carbocycles. The monoisotopic (exact) mass is 429 g/mol. The molecule has 4 nitrogen and oxygen atoms in total. The van der Waals surface area contributed by atoms with Gasteiger partial charge in [0.25, 0.3) is 0 Å². The molecule has 1 heterocycles. The van der Waals surface area contributed by atoms with Crippen molar-refractivity contribution in [2.45, 2.75) is 45.1 Å². The molecule has 1 aromatic heterocycles. The van der Waals surface area contributed by atoms with E-state index >= 15 is 0 Å². The molecule has 1 N–H and O–H groups in total. The number of hydrogen-bond acceptors (Lipinski definition) is 4. The Kier molecular flexibility index (Phi) is 6.82. The van der Waals surface area contributed by atoms with Crippen LogP contribution in [0.4, 0.5) is 5.69 Å². The highest BCUT2D eigenvalue weighted by atomic mass is 32.2. The number of pyridine rings is 1. The standard InChI is InChI=1S/C26H27N3OS/c1-17-10-9-11-18(2)24(17)29-23(30)16-31-25-21(15-27)20(19-12-7-6-8-13-19)14-22(28-25)26(3,4)5/h6-14H,16H2,1-5H3,(H,29,30). The lowest BCUT2D eigenvalue weighted by Gasteiger charge is -2.21. The first-order valence-corrected chi connectivity index (χ1v) is 11.2. The summed E-state index contributed by atoms with van der Waals surface area (Å²) in [6.45, 7) is 10.2. The molecular formula is C26H27N3OS. The van der Waals surface area contributed by atoms with Gasteiger partial charge in [-0.1, -0.05) is 81.1 Å². The van der Waals surface area contributed by atoms with Gasteiger partial charge in [0, 0.05) is 22.4 Å². The molecule has 0 radical (unpaired) electrons. The van der Waals surface area contributed by atoms with E-state index in [9.17, 15) is 10.1 Å². The van der Waals surface area contributed by atoms with Crippen LogP contribution in [0.5, 0.6) is 0 Å². The molecular weight excluding hydrogens is 402 g/mol. The average molecular weight is 430 g/mol. The molecule has 0 aliphatic rings. The molecule has 0 aliphatic heterocycles. The summed E-state index contributed by atoms with van der Waals surface area (Å²) in [6.07, 6.45) is 0. The van der Waals surface area contributed by atoms with Crippen LogP contribution in [0.2, 0.25) is 0 Å². The molecule has 158 valence electrons. The Labute approximate surface area is 188 Å². The van der Waals surface area contributed by atoms with Gasteiger partial charge in [-0.25, -0.2) is 4.98 Å². The number of aromatic nitrogens is 1. The van der Waals surface area contributed by atoms with E-state index in [1.54, 1.807) is 0 Å². The predicted octanol–water partition coefficient (Wildman–Crippen LogP) is 6.27. The lowest BCUT2D eigenvalue weighted by Crippen LogP contribution is -2.17. The number of nitrogens with zero attached hydrogens (tertiary/aromatic N) is 2. The van der Waals surface area contributed by atoms with Crippen LogP contribution in [0.3, 0.4) is 0 Å². The number of carbonyl (C=O) groups is 1. The molecule has 1 amide bonds. The van der Waals surface area contributed by atoms with E-state index in [4.69, 9.17) is 4.98 Å². The minimum absolute atomic E-state index is 0.115. The number of aryl methyl sites for hydroxylation is 2.